The van der Waals surface area contributed by atoms with Gasteiger partial charge in [-0.05, 0) is 34.2 Å². The molecule has 3 rings (SSSR count). The fourth-order valence-electron chi connectivity index (χ4n) is 2.17. The summed E-state index contributed by atoms with van der Waals surface area (Å²) in [6, 6.07) is 14.8. The van der Waals surface area contributed by atoms with Crippen LogP contribution >= 0.6 is 22.6 Å². The summed E-state index contributed by atoms with van der Waals surface area (Å²) in [5, 5.41) is 11.8. The molecule has 98 valence electrons. The second-order valence-electron chi connectivity index (χ2n) is 4.31. The maximum absolute atomic E-state index is 10.8. The molecule has 0 aliphatic carbocycles. The summed E-state index contributed by atoms with van der Waals surface area (Å²) in [5.41, 5.74) is 2.84. The average molecular weight is 376 g/mol. The molecule has 1 aromatic heterocycles. The summed E-state index contributed by atoms with van der Waals surface area (Å²) in [6.07, 6.45) is 1.74. The first kappa shape index (κ1) is 13.0. The summed E-state index contributed by atoms with van der Waals surface area (Å²) in [4.78, 5) is 14.7. The number of rotatable bonds is 2. The number of non-ortho nitro benzene ring substituents is 1. The molecular formula is C15H9IN2O2. The highest BCUT2D eigenvalue weighted by atomic mass is 127. The molecule has 4 nitrogen and oxygen atoms in total. The van der Waals surface area contributed by atoms with E-state index in [0.717, 1.165) is 20.1 Å². The van der Waals surface area contributed by atoms with Crippen LogP contribution < -0.4 is 0 Å². The predicted molar refractivity (Wildman–Crippen MR) is 86.6 cm³/mol. The van der Waals surface area contributed by atoms with Crippen LogP contribution in [0.2, 0.25) is 0 Å². The van der Waals surface area contributed by atoms with Gasteiger partial charge in [-0.3, -0.25) is 15.1 Å². The van der Waals surface area contributed by atoms with E-state index in [4.69, 9.17) is 0 Å². The number of fused-ring (bicyclic) bond motifs is 1. The van der Waals surface area contributed by atoms with Gasteiger partial charge < -0.3 is 0 Å². The average Bonchev–Trinajstić information content (AvgIpc) is 2.47. The lowest BCUT2D eigenvalue weighted by Gasteiger charge is -2.08. The number of benzene rings is 2. The predicted octanol–water partition coefficient (Wildman–Crippen LogP) is 4.41. The van der Waals surface area contributed by atoms with Gasteiger partial charge >= 0.3 is 0 Å². The van der Waals surface area contributed by atoms with Gasteiger partial charge in [0.2, 0.25) is 0 Å². The summed E-state index contributed by atoms with van der Waals surface area (Å²) in [5.74, 6) is 0. The van der Waals surface area contributed by atoms with Crippen molar-refractivity contribution < 1.29 is 4.92 Å². The fourth-order valence-corrected chi connectivity index (χ4v) is 2.91. The van der Waals surface area contributed by atoms with Crippen molar-refractivity contribution in [1.82, 2.24) is 4.98 Å². The zero-order valence-electron chi connectivity index (χ0n) is 10.3. The molecule has 0 saturated heterocycles. The van der Waals surface area contributed by atoms with E-state index in [9.17, 15) is 10.1 Å². The van der Waals surface area contributed by atoms with Crippen molar-refractivity contribution in [3.63, 3.8) is 0 Å². The van der Waals surface area contributed by atoms with Crippen molar-refractivity contribution in [2.45, 2.75) is 0 Å². The van der Waals surface area contributed by atoms with Gasteiger partial charge in [-0.15, -0.1) is 0 Å². The molecule has 0 N–H and O–H groups in total. The van der Waals surface area contributed by atoms with Crippen LogP contribution in [0.1, 0.15) is 0 Å². The maximum Gasteiger partial charge on any atom is 0.271 e. The molecule has 2 aromatic carbocycles. The van der Waals surface area contributed by atoms with Gasteiger partial charge in [0, 0.05) is 32.8 Å². The van der Waals surface area contributed by atoms with Crippen LogP contribution in [-0.4, -0.2) is 9.91 Å². The van der Waals surface area contributed by atoms with Gasteiger partial charge in [0.05, 0.1) is 10.4 Å². The number of nitro benzene ring substituents is 1. The largest absolute Gasteiger partial charge is 0.271 e. The number of nitro groups is 1. The smallest absolute Gasteiger partial charge is 0.258 e. The lowest BCUT2D eigenvalue weighted by molar-refractivity contribution is -0.384. The van der Waals surface area contributed by atoms with Gasteiger partial charge in [0.1, 0.15) is 0 Å². The SMILES string of the molecule is O=[N+]([O-])c1ccc2c(-c3ccccc3)c(I)cnc2c1. The standard InChI is InChI=1S/C15H9IN2O2/c16-13-9-17-14-8-11(18(19)20)6-7-12(14)15(13)10-4-2-1-3-5-10/h1-9H. The Labute approximate surface area is 128 Å². The van der Waals surface area contributed by atoms with E-state index < -0.39 is 4.92 Å². The molecule has 0 spiro atoms. The highest BCUT2D eigenvalue weighted by Gasteiger charge is 2.12. The van der Waals surface area contributed by atoms with E-state index >= 15 is 0 Å². The van der Waals surface area contributed by atoms with Gasteiger partial charge in [-0.2, -0.15) is 0 Å². The van der Waals surface area contributed by atoms with E-state index in [0.29, 0.717) is 5.52 Å². The molecular weight excluding hydrogens is 367 g/mol. The van der Waals surface area contributed by atoms with Crippen molar-refractivity contribution >= 4 is 39.2 Å². The van der Waals surface area contributed by atoms with Crippen LogP contribution in [0, 0.1) is 13.7 Å². The van der Waals surface area contributed by atoms with Crippen LogP contribution in [0.3, 0.4) is 0 Å². The third-order valence-electron chi connectivity index (χ3n) is 3.08. The summed E-state index contributed by atoms with van der Waals surface area (Å²) in [6.45, 7) is 0. The second kappa shape index (κ2) is 5.16. The summed E-state index contributed by atoms with van der Waals surface area (Å²) < 4.78 is 1.02. The molecule has 0 aliphatic heterocycles. The minimum atomic E-state index is -0.402. The third kappa shape index (κ3) is 2.24. The Morgan fingerprint density at radius 2 is 1.85 bits per heavy atom. The maximum atomic E-state index is 10.8. The van der Waals surface area contributed by atoms with Gasteiger partial charge in [-0.25, -0.2) is 0 Å². The lowest BCUT2D eigenvalue weighted by atomic mass is 10.0. The van der Waals surface area contributed by atoms with Crippen molar-refractivity contribution in [1.29, 1.82) is 0 Å². The third-order valence-corrected chi connectivity index (χ3v) is 3.90. The molecule has 0 radical (unpaired) electrons. The number of halogens is 1. The molecule has 0 saturated carbocycles. The Morgan fingerprint density at radius 3 is 2.55 bits per heavy atom. The van der Waals surface area contributed by atoms with Crippen LogP contribution in [-0.2, 0) is 0 Å². The fraction of sp³-hybridized carbons (Fsp3) is 0. The van der Waals surface area contributed by atoms with Crippen LogP contribution in [0.15, 0.2) is 54.7 Å². The minimum absolute atomic E-state index is 0.0604. The van der Waals surface area contributed by atoms with Gasteiger partial charge in [0.25, 0.3) is 5.69 Å². The first-order valence-electron chi connectivity index (χ1n) is 5.95. The van der Waals surface area contributed by atoms with Crippen LogP contribution in [0.4, 0.5) is 5.69 Å². The molecule has 20 heavy (non-hydrogen) atoms. The molecule has 3 aromatic rings. The Balaban J connectivity index is 2.31. The molecule has 0 fully saturated rings. The van der Waals surface area contributed by atoms with E-state index in [1.807, 2.05) is 30.3 Å². The van der Waals surface area contributed by atoms with E-state index in [1.54, 1.807) is 12.3 Å². The Kier molecular flexibility index (Phi) is 3.35. The molecule has 0 amide bonds. The molecule has 0 bridgehead atoms. The number of hydrogen-bond acceptors (Lipinski definition) is 3. The van der Waals surface area contributed by atoms with Crippen LogP contribution in [0.5, 0.6) is 0 Å². The topological polar surface area (TPSA) is 56.0 Å². The Hall–Kier alpha value is -2.02. The number of pyridine rings is 1. The molecule has 5 heteroatoms. The normalized spacial score (nSPS) is 10.7. The molecule has 0 atom stereocenters. The first-order valence-corrected chi connectivity index (χ1v) is 7.03. The highest BCUT2D eigenvalue weighted by molar-refractivity contribution is 14.1. The van der Waals surface area contributed by atoms with Crippen molar-refractivity contribution in [3.05, 3.63) is 68.4 Å². The molecule has 0 aliphatic rings. The summed E-state index contributed by atoms with van der Waals surface area (Å²) in [7, 11) is 0. The van der Waals surface area contributed by atoms with Crippen molar-refractivity contribution in [2.24, 2.45) is 0 Å². The van der Waals surface area contributed by atoms with E-state index in [-0.39, 0.29) is 5.69 Å². The van der Waals surface area contributed by atoms with Gasteiger partial charge in [-0.1, -0.05) is 30.3 Å². The number of aromatic nitrogens is 1. The summed E-state index contributed by atoms with van der Waals surface area (Å²) >= 11 is 2.24. The zero-order valence-corrected chi connectivity index (χ0v) is 12.4. The van der Waals surface area contributed by atoms with Crippen molar-refractivity contribution in [2.75, 3.05) is 0 Å². The Morgan fingerprint density at radius 1 is 1.10 bits per heavy atom. The number of nitrogens with zero attached hydrogens (tertiary/aromatic N) is 2. The minimum Gasteiger partial charge on any atom is -0.258 e. The second-order valence-corrected chi connectivity index (χ2v) is 5.47. The molecule has 0 unspecified atom stereocenters. The lowest BCUT2D eigenvalue weighted by Crippen LogP contribution is -1.92. The van der Waals surface area contributed by atoms with E-state index in [1.165, 1.54) is 12.1 Å². The number of hydrogen-bond donors (Lipinski definition) is 0. The zero-order chi connectivity index (χ0) is 14.1. The van der Waals surface area contributed by atoms with Gasteiger partial charge in [0.15, 0.2) is 0 Å². The first-order chi connectivity index (χ1) is 9.66. The monoisotopic (exact) mass is 376 g/mol. The molecule has 1 heterocycles. The van der Waals surface area contributed by atoms with E-state index in [2.05, 4.69) is 27.6 Å². The Bertz CT molecular complexity index is 804. The van der Waals surface area contributed by atoms with Crippen molar-refractivity contribution in [3.8, 4) is 11.1 Å². The quantitative estimate of drug-likeness (QED) is 0.378. The highest BCUT2D eigenvalue weighted by Crippen LogP contribution is 2.33. The van der Waals surface area contributed by atoms with Crippen LogP contribution in [0.25, 0.3) is 22.0 Å².